The van der Waals surface area contributed by atoms with Crippen molar-refractivity contribution in [1.82, 2.24) is 0 Å². The Bertz CT molecular complexity index is 1390. The van der Waals surface area contributed by atoms with Gasteiger partial charge >= 0.3 is 0 Å². The van der Waals surface area contributed by atoms with Crippen molar-refractivity contribution >= 4 is 82.2 Å². The predicted octanol–water partition coefficient (Wildman–Crippen LogP) is 4.89. The molecular formula is C21H21BrFN2O5S4+. The standard InChI is InChI=1S/C21H20BrFN2O5S4/c22-14-3-5-18-16(11-14)25(8-2-10-34(28,29)30)21(31-18)13-20-24(7-1-9-33(26)27)17-12-15(23)4-6-19(17)32-20/h3-6,11-13H,1-2,7-10H2,(H-,26,27,28,29,30)/p+1. The highest BCUT2D eigenvalue weighted by atomic mass is 79.9. The fourth-order valence-electron chi connectivity index (χ4n) is 3.68. The van der Waals surface area contributed by atoms with Crippen LogP contribution in [0.4, 0.5) is 10.1 Å². The average molecular weight is 609 g/mol. The second kappa shape index (κ2) is 10.7. The highest BCUT2D eigenvalue weighted by Crippen LogP contribution is 2.47. The van der Waals surface area contributed by atoms with Gasteiger partial charge in [0.05, 0.1) is 28.3 Å². The Hall–Kier alpha value is -1.35. The average Bonchev–Trinajstić information content (AvgIpc) is 3.25. The van der Waals surface area contributed by atoms with E-state index in [0.717, 1.165) is 29.6 Å². The van der Waals surface area contributed by atoms with Crippen LogP contribution < -0.4 is 9.47 Å². The first kappa shape index (κ1) is 25.7. The summed E-state index contributed by atoms with van der Waals surface area (Å²) in [5, 5.41) is 1.72. The lowest BCUT2D eigenvalue weighted by Crippen LogP contribution is -2.36. The van der Waals surface area contributed by atoms with E-state index in [2.05, 4.69) is 15.9 Å². The third-order valence-electron chi connectivity index (χ3n) is 5.12. The van der Waals surface area contributed by atoms with E-state index >= 15 is 0 Å². The molecule has 0 amide bonds. The smallest absolute Gasteiger partial charge is 0.265 e. The van der Waals surface area contributed by atoms with E-state index in [-0.39, 0.29) is 23.7 Å². The lowest BCUT2D eigenvalue weighted by Gasteiger charge is -2.19. The fourth-order valence-corrected chi connectivity index (χ4v) is 7.19. The van der Waals surface area contributed by atoms with Crippen molar-refractivity contribution in [3.8, 4) is 0 Å². The topological polar surface area (TPSA) is 98.8 Å². The molecular weight excluding hydrogens is 587 g/mol. The van der Waals surface area contributed by atoms with Crippen LogP contribution in [-0.4, -0.2) is 39.8 Å². The molecule has 1 aliphatic heterocycles. The number of aromatic nitrogens is 1. The Morgan fingerprint density at radius 3 is 2.74 bits per heavy atom. The summed E-state index contributed by atoms with van der Waals surface area (Å²) in [6.07, 6.45) is 2.66. The van der Waals surface area contributed by atoms with E-state index in [1.54, 1.807) is 17.4 Å². The number of halogens is 2. The van der Waals surface area contributed by atoms with Gasteiger partial charge in [-0.1, -0.05) is 39.0 Å². The number of rotatable bonds is 9. The van der Waals surface area contributed by atoms with Crippen molar-refractivity contribution in [1.29, 1.82) is 0 Å². The first-order valence-electron chi connectivity index (χ1n) is 10.2. The summed E-state index contributed by atoms with van der Waals surface area (Å²) in [5.41, 5.74) is 1.64. The van der Waals surface area contributed by atoms with Crippen LogP contribution >= 0.6 is 39.0 Å². The molecule has 1 atom stereocenters. The number of hydrogen-bond acceptors (Lipinski definition) is 6. The van der Waals surface area contributed by atoms with Gasteiger partial charge in [0.25, 0.3) is 15.1 Å². The number of thiazole rings is 1. The summed E-state index contributed by atoms with van der Waals surface area (Å²) < 4.78 is 69.8. The lowest BCUT2D eigenvalue weighted by molar-refractivity contribution is -0.668. The third kappa shape index (κ3) is 6.25. The second-order valence-electron chi connectivity index (χ2n) is 7.57. The minimum Gasteiger partial charge on any atom is -0.335 e. The number of anilines is 1. The fraction of sp³-hybridized carbons (Fsp3) is 0.286. The van der Waals surface area contributed by atoms with E-state index in [9.17, 15) is 17.0 Å². The molecule has 4 rings (SSSR count). The SMILES string of the molecule is O=S(O)CCCN1/C(=C/c2sc3ccc(Br)cc3[n+]2CCCS(=O)(=O)O)Sc2ccc(F)cc21. The number of fused-ring (bicyclic) bond motifs is 2. The van der Waals surface area contributed by atoms with E-state index < -0.39 is 21.2 Å². The van der Waals surface area contributed by atoms with Crippen LogP contribution in [0.3, 0.4) is 0 Å². The quantitative estimate of drug-likeness (QED) is 0.203. The molecule has 182 valence electrons. The van der Waals surface area contributed by atoms with Gasteiger partial charge in [0.1, 0.15) is 10.5 Å². The van der Waals surface area contributed by atoms with Crippen molar-refractivity contribution < 1.29 is 30.7 Å². The van der Waals surface area contributed by atoms with Gasteiger partial charge in [-0.25, -0.2) is 8.60 Å². The summed E-state index contributed by atoms with van der Waals surface area (Å²) in [6.45, 7) is 0.825. The summed E-state index contributed by atoms with van der Waals surface area (Å²) in [7, 11) is -4.07. The number of aryl methyl sites for hydroxylation is 1. The number of benzene rings is 2. The highest BCUT2D eigenvalue weighted by molar-refractivity contribution is 9.10. The summed E-state index contributed by atoms with van der Waals surface area (Å²) in [4.78, 5) is 2.83. The molecule has 1 aromatic heterocycles. The molecule has 0 saturated heterocycles. The van der Waals surface area contributed by atoms with Crippen LogP contribution in [0.5, 0.6) is 0 Å². The predicted molar refractivity (Wildman–Crippen MR) is 139 cm³/mol. The molecule has 13 heteroatoms. The van der Waals surface area contributed by atoms with Gasteiger partial charge in [0, 0.05) is 28.4 Å². The first-order valence-corrected chi connectivity index (χ1v) is 15.5. The highest BCUT2D eigenvalue weighted by Gasteiger charge is 2.28. The maximum atomic E-state index is 14.0. The minimum atomic E-state index is -4.07. The van der Waals surface area contributed by atoms with Crippen LogP contribution in [-0.2, 0) is 27.7 Å². The van der Waals surface area contributed by atoms with Crippen molar-refractivity contribution in [2.24, 2.45) is 0 Å². The molecule has 3 aromatic rings. The van der Waals surface area contributed by atoms with Crippen molar-refractivity contribution in [3.63, 3.8) is 0 Å². The Kier molecular flexibility index (Phi) is 8.12. The van der Waals surface area contributed by atoms with Crippen molar-refractivity contribution in [2.75, 3.05) is 23.0 Å². The second-order valence-corrected chi connectivity index (χ2v) is 13.2. The zero-order valence-corrected chi connectivity index (χ0v) is 22.5. The molecule has 2 heterocycles. The number of hydrogen-bond donors (Lipinski definition) is 2. The Labute approximate surface area is 215 Å². The Morgan fingerprint density at radius 2 is 2.00 bits per heavy atom. The lowest BCUT2D eigenvalue weighted by atomic mass is 10.2. The monoisotopic (exact) mass is 607 g/mol. The van der Waals surface area contributed by atoms with Crippen LogP contribution in [0.2, 0.25) is 0 Å². The molecule has 34 heavy (non-hydrogen) atoms. The minimum absolute atomic E-state index is 0.117. The molecule has 0 fully saturated rings. The summed E-state index contributed by atoms with van der Waals surface area (Å²) in [6, 6.07) is 10.5. The van der Waals surface area contributed by atoms with Crippen LogP contribution in [0.1, 0.15) is 17.8 Å². The van der Waals surface area contributed by atoms with E-state index in [1.165, 1.54) is 23.9 Å². The van der Waals surface area contributed by atoms with E-state index in [4.69, 9.17) is 9.11 Å². The van der Waals surface area contributed by atoms with Crippen LogP contribution in [0, 0.1) is 5.82 Å². The normalized spacial score (nSPS) is 15.9. The molecule has 0 spiro atoms. The Morgan fingerprint density at radius 1 is 1.21 bits per heavy atom. The van der Waals surface area contributed by atoms with Crippen molar-refractivity contribution in [3.05, 3.63) is 56.7 Å². The van der Waals surface area contributed by atoms with Gasteiger partial charge in [-0.05, 0) is 36.8 Å². The van der Waals surface area contributed by atoms with Gasteiger partial charge in [-0.3, -0.25) is 4.55 Å². The molecule has 0 saturated carbocycles. The molecule has 0 bridgehead atoms. The molecule has 1 aliphatic rings. The molecule has 2 aromatic carbocycles. The van der Waals surface area contributed by atoms with Gasteiger partial charge in [-0.2, -0.15) is 13.0 Å². The number of nitrogens with zero attached hydrogens (tertiary/aromatic N) is 2. The zero-order chi connectivity index (χ0) is 24.5. The Balaban J connectivity index is 1.73. The third-order valence-corrected chi connectivity index (χ3v) is 9.28. The molecule has 2 N–H and O–H groups in total. The molecule has 0 aliphatic carbocycles. The molecule has 7 nitrogen and oxygen atoms in total. The van der Waals surface area contributed by atoms with Crippen molar-refractivity contribution in [2.45, 2.75) is 24.3 Å². The molecule has 0 radical (unpaired) electrons. The van der Waals surface area contributed by atoms with Crippen LogP contribution in [0.25, 0.3) is 16.3 Å². The van der Waals surface area contributed by atoms with E-state index in [1.807, 2.05) is 33.7 Å². The first-order chi connectivity index (χ1) is 16.1. The van der Waals surface area contributed by atoms with Gasteiger partial charge in [0.2, 0.25) is 5.52 Å². The number of thioether (sulfide) groups is 1. The largest absolute Gasteiger partial charge is 0.335 e. The summed E-state index contributed by atoms with van der Waals surface area (Å²) >= 11 is 4.61. The van der Waals surface area contributed by atoms with E-state index in [0.29, 0.717) is 25.2 Å². The molecule has 1 unspecified atom stereocenters. The van der Waals surface area contributed by atoms with Gasteiger partial charge in [0.15, 0.2) is 17.6 Å². The summed E-state index contributed by atoms with van der Waals surface area (Å²) in [5.74, 6) is -0.583. The maximum absolute atomic E-state index is 14.0. The van der Waals surface area contributed by atoms with Gasteiger partial charge < -0.3 is 9.45 Å². The van der Waals surface area contributed by atoms with Gasteiger partial charge in [-0.15, -0.1) is 0 Å². The van der Waals surface area contributed by atoms with Crippen LogP contribution in [0.15, 0.2) is 50.8 Å². The maximum Gasteiger partial charge on any atom is 0.265 e. The zero-order valence-electron chi connectivity index (χ0n) is 17.7.